The first-order valence-electron chi connectivity index (χ1n) is 14.5. The number of hydrogen-bond acceptors (Lipinski definition) is 3. The Morgan fingerprint density at radius 1 is 1.11 bits per heavy atom. The van der Waals surface area contributed by atoms with Gasteiger partial charge in [-0.1, -0.05) is 97.6 Å². The largest absolute Gasteiger partial charge is 0.300 e. The lowest BCUT2D eigenvalue weighted by molar-refractivity contribution is -0.119. The number of halogens is 1. The monoisotopic (exact) mass is 522 g/mol. The molecule has 3 nitrogen and oxygen atoms in total. The molecule has 1 aliphatic carbocycles. The molecule has 38 heavy (non-hydrogen) atoms. The molecule has 1 fully saturated rings. The van der Waals surface area contributed by atoms with Crippen molar-refractivity contribution in [1.82, 2.24) is 0 Å². The molecular formula is C34H51FN2O. The number of nitrogens with zero attached hydrogens (tertiary/aromatic N) is 2. The Balaban J connectivity index is 0.000000582. The SMILES string of the molecule is CC.CC1CCC1.CCCC(=O)CC(C)c1ccccc1.CCCCC(C)=Nc1cc(F)c(C#N)cc1C. The highest BCUT2D eigenvalue weighted by atomic mass is 19.1. The zero-order chi connectivity index (χ0) is 28.9. The minimum absolute atomic E-state index is 0.0765. The summed E-state index contributed by atoms with van der Waals surface area (Å²) in [5.41, 5.74) is 3.79. The van der Waals surface area contributed by atoms with Crippen LogP contribution in [-0.2, 0) is 4.79 Å². The first-order chi connectivity index (χ1) is 18.2. The molecule has 0 heterocycles. The van der Waals surface area contributed by atoms with E-state index in [1.54, 1.807) is 6.07 Å². The molecular weight excluding hydrogens is 471 g/mol. The minimum atomic E-state index is -0.500. The summed E-state index contributed by atoms with van der Waals surface area (Å²) >= 11 is 0. The van der Waals surface area contributed by atoms with Gasteiger partial charge in [-0.3, -0.25) is 9.79 Å². The van der Waals surface area contributed by atoms with Crippen LogP contribution in [0.3, 0.4) is 0 Å². The molecule has 0 aliphatic heterocycles. The van der Waals surface area contributed by atoms with Crippen molar-refractivity contribution >= 4 is 17.2 Å². The highest BCUT2D eigenvalue weighted by molar-refractivity contribution is 5.85. The summed E-state index contributed by atoms with van der Waals surface area (Å²) in [5.74, 6) is 1.30. The molecule has 1 unspecified atom stereocenters. The zero-order valence-corrected chi connectivity index (χ0v) is 25.2. The first-order valence-corrected chi connectivity index (χ1v) is 14.5. The van der Waals surface area contributed by atoms with Gasteiger partial charge in [0.1, 0.15) is 17.7 Å². The van der Waals surface area contributed by atoms with Gasteiger partial charge in [0.05, 0.1) is 11.3 Å². The van der Waals surface area contributed by atoms with Crippen LogP contribution in [0, 0.1) is 30.0 Å². The van der Waals surface area contributed by atoms with Gasteiger partial charge in [-0.15, -0.1) is 0 Å². The van der Waals surface area contributed by atoms with E-state index < -0.39 is 5.82 Å². The lowest BCUT2D eigenvalue weighted by Gasteiger charge is -2.18. The minimum Gasteiger partial charge on any atom is -0.300 e. The summed E-state index contributed by atoms with van der Waals surface area (Å²) in [6, 6.07) is 14.9. The molecule has 0 amide bonds. The third kappa shape index (κ3) is 14.8. The van der Waals surface area contributed by atoms with E-state index in [2.05, 4.69) is 37.9 Å². The van der Waals surface area contributed by atoms with Gasteiger partial charge in [-0.25, -0.2) is 4.39 Å². The summed E-state index contributed by atoms with van der Waals surface area (Å²) < 4.78 is 13.4. The molecule has 1 atom stereocenters. The number of unbranched alkanes of at least 4 members (excludes halogenated alkanes) is 1. The summed E-state index contributed by atoms with van der Waals surface area (Å²) in [4.78, 5) is 15.8. The van der Waals surface area contributed by atoms with Crippen molar-refractivity contribution in [3.63, 3.8) is 0 Å². The van der Waals surface area contributed by atoms with E-state index in [9.17, 15) is 9.18 Å². The van der Waals surface area contributed by atoms with E-state index >= 15 is 0 Å². The van der Waals surface area contributed by atoms with Crippen molar-refractivity contribution in [2.45, 2.75) is 119 Å². The van der Waals surface area contributed by atoms with Crippen LogP contribution in [0.5, 0.6) is 0 Å². The maximum Gasteiger partial charge on any atom is 0.143 e. The lowest BCUT2D eigenvalue weighted by atomic mass is 9.88. The Labute approximate surface area is 232 Å². The van der Waals surface area contributed by atoms with Gasteiger partial charge in [0.2, 0.25) is 0 Å². The highest BCUT2D eigenvalue weighted by Gasteiger charge is 2.10. The van der Waals surface area contributed by atoms with Crippen LogP contribution in [-0.4, -0.2) is 11.5 Å². The van der Waals surface area contributed by atoms with E-state index in [1.807, 2.05) is 58.9 Å². The molecule has 0 bridgehead atoms. The number of hydrogen-bond donors (Lipinski definition) is 0. The number of ketones is 1. The molecule has 1 saturated carbocycles. The van der Waals surface area contributed by atoms with E-state index in [0.29, 0.717) is 23.8 Å². The van der Waals surface area contributed by atoms with Crippen molar-refractivity contribution in [2.75, 3.05) is 0 Å². The number of Topliss-reactive ketones (excluding diaryl/α,β-unsaturated/α-hetero) is 1. The Morgan fingerprint density at radius 3 is 2.18 bits per heavy atom. The van der Waals surface area contributed by atoms with E-state index in [4.69, 9.17) is 5.26 Å². The number of carbonyl (C=O) groups excluding carboxylic acids is 1. The molecule has 0 N–H and O–H groups in total. The average molecular weight is 523 g/mol. The zero-order valence-electron chi connectivity index (χ0n) is 25.2. The van der Waals surface area contributed by atoms with Gasteiger partial charge in [0, 0.05) is 24.6 Å². The fourth-order valence-electron chi connectivity index (χ4n) is 3.81. The quantitative estimate of drug-likeness (QED) is 0.307. The second-order valence-electron chi connectivity index (χ2n) is 10.0. The molecule has 0 spiro atoms. The second-order valence-corrected chi connectivity index (χ2v) is 10.0. The van der Waals surface area contributed by atoms with Crippen LogP contribution < -0.4 is 0 Å². The van der Waals surface area contributed by atoms with Crippen LogP contribution in [0.4, 0.5) is 10.1 Å². The number of rotatable bonds is 9. The van der Waals surface area contributed by atoms with Crippen LogP contribution in [0.25, 0.3) is 0 Å². The van der Waals surface area contributed by atoms with E-state index in [1.165, 1.54) is 30.9 Å². The second kappa shape index (κ2) is 21.2. The molecule has 0 radical (unpaired) electrons. The molecule has 0 saturated heterocycles. The first kappa shape index (κ1) is 35.2. The summed E-state index contributed by atoms with van der Waals surface area (Å²) in [6.07, 6.45) is 9.95. The number of aliphatic imine (C=N–C) groups is 1. The predicted octanol–water partition coefficient (Wildman–Crippen LogP) is 10.7. The lowest BCUT2D eigenvalue weighted by Crippen LogP contribution is -2.04. The van der Waals surface area contributed by atoms with Crippen LogP contribution in [0.2, 0.25) is 0 Å². The van der Waals surface area contributed by atoms with Gasteiger partial charge in [-0.05, 0) is 62.1 Å². The fourth-order valence-corrected chi connectivity index (χ4v) is 3.81. The fraction of sp³-hybridized carbons (Fsp3) is 0.559. The Bertz CT molecular complexity index is 988. The van der Waals surface area contributed by atoms with Crippen molar-refractivity contribution in [3.05, 3.63) is 65.0 Å². The maximum atomic E-state index is 13.4. The van der Waals surface area contributed by atoms with Crippen molar-refractivity contribution in [3.8, 4) is 6.07 Å². The Hall–Kier alpha value is -2.80. The normalized spacial score (nSPS) is 13.2. The van der Waals surface area contributed by atoms with Gasteiger partial charge in [-0.2, -0.15) is 5.26 Å². The molecule has 210 valence electrons. The smallest absolute Gasteiger partial charge is 0.143 e. The highest BCUT2D eigenvalue weighted by Crippen LogP contribution is 2.24. The standard InChI is InChI=1S/C14H17FN2.C13H18O.C5H10.C2H6/c1-4-5-6-11(3)17-14-8-13(15)12(9-16)7-10(14)2;1-3-7-13(14)10-11(2)12-8-5-4-6-9-12;1-5-3-2-4-5;1-2/h7-8H,4-6H2,1-3H3;4-6,8-9,11H,3,7,10H2,1-2H3;5H,2-4H2,1H3;1-2H3. The molecule has 2 aromatic rings. The van der Waals surface area contributed by atoms with E-state index in [-0.39, 0.29) is 5.56 Å². The summed E-state index contributed by atoms with van der Waals surface area (Å²) in [6.45, 7) is 16.4. The third-order valence-electron chi connectivity index (χ3n) is 6.43. The van der Waals surface area contributed by atoms with Crippen LogP contribution in [0.15, 0.2) is 47.5 Å². The summed E-state index contributed by atoms with van der Waals surface area (Å²) in [5, 5.41) is 8.71. The van der Waals surface area contributed by atoms with Gasteiger partial charge in [0.15, 0.2) is 0 Å². The topological polar surface area (TPSA) is 53.2 Å². The van der Waals surface area contributed by atoms with Gasteiger partial charge in [0.25, 0.3) is 0 Å². The number of aryl methyl sites for hydroxylation is 1. The molecule has 4 heteroatoms. The molecule has 3 rings (SSSR count). The Kier molecular flexibility index (Phi) is 19.6. The number of carbonyl (C=O) groups is 1. The van der Waals surface area contributed by atoms with Crippen molar-refractivity contribution < 1.29 is 9.18 Å². The third-order valence-corrected chi connectivity index (χ3v) is 6.43. The average Bonchev–Trinajstić information content (AvgIpc) is 2.90. The Morgan fingerprint density at radius 2 is 1.71 bits per heavy atom. The molecule has 0 aromatic heterocycles. The van der Waals surface area contributed by atoms with Crippen molar-refractivity contribution in [2.24, 2.45) is 10.9 Å². The van der Waals surface area contributed by atoms with Crippen LogP contribution in [0.1, 0.15) is 129 Å². The number of nitriles is 1. The van der Waals surface area contributed by atoms with Crippen molar-refractivity contribution in [1.29, 1.82) is 5.26 Å². The molecule has 2 aromatic carbocycles. The van der Waals surface area contributed by atoms with E-state index in [0.717, 1.165) is 49.3 Å². The van der Waals surface area contributed by atoms with Gasteiger partial charge < -0.3 is 0 Å². The molecule has 1 aliphatic rings. The van der Waals surface area contributed by atoms with Crippen LogP contribution >= 0.6 is 0 Å². The predicted molar refractivity (Wildman–Crippen MR) is 162 cm³/mol. The maximum absolute atomic E-state index is 13.4. The summed E-state index contributed by atoms with van der Waals surface area (Å²) in [7, 11) is 0. The number of benzene rings is 2. The van der Waals surface area contributed by atoms with Gasteiger partial charge >= 0.3 is 0 Å².